The lowest BCUT2D eigenvalue weighted by Crippen LogP contribution is -2.05. The molecule has 0 aromatic heterocycles. The normalized spacial score (nSPS) is 8.75. The summed E-state index contributed by atoms with van der Waals surface area (Å²) in [5.41, 5.74) is 0. The van der Waals surface area contributed by atoms with Crippen molar-refractivity contribution in [2.45, 2.75) is 6.92 Å². The van der Waals surface area contributed by atoms with Gasteiger partial charge in [0.05, 0.1) is 6.61 Å². The minimum absolute atomic E-state index is 0.174. The van der Waals surface area contributed by atoms with Gasteiger partial charge in [-0.05, 0) is 6.92 Å². The minimum Gasteiger partial charge on any atom is -0.297 e. The molecule has 3 nitrogen and oxygen atoms in total. The Kier molecular flexibility index (Phi) is 5.00. The fraction of sp³-hybridized carbons (Fsp3) is 0.750. The van der Waals surface area contributed by atoms with Crippen LogP contribution in [0.25, 0.3) is 0 Å². The molecule has 0 amide bonds. The Bertz CT molecular complexity index is 73.7. The van der Waals surface area contributed by atoms with Gasteiger partial charge in [0, 0.05) is 0 Å². The van der Waals surface area contributed by atoms with Crippen molar-refractivity contribution in [3.05, 3.63) is 0 Å². The van der Waals surface area contributed by atoms with E-state index in [2.05, 4.69) is 25.7 Å². The second-order valence-electron chi connectivity index (χ2n) is 0.995. The van der Waals surface area contributed by atoms with Gasteiger partial charge in [-0.3, -0.25) is 4.89 Å². The number of hydrogen-bond donors (Lipinski definition) is 0. The first-order valence-electron chi connectivity index (χ1n) is 2.19. The first-order chi connectivity index (χ1) is 3.81. The summed E-state index contributed by atoms with van der Waals surface area (Å²) in [5.74, 6) is -0.410. The highest BCUT2D eigenvalue weighted by Gasteiger charge is 1.96. The van der Waals surface area contributed by atoms with Gasteiger partial charge in [-0.2, -0.15) is 4.89 Å². The van der Waals surface area contributed by atoms with Crippen molar-refractivity contribution in [1.29, 1.82) is 0 Å². The van der Waals surface area contributed by atoms with Crippen LogP contribution in [0.3, 0.4) is 0 Å². The third-order valence-electron chi connectivity index (χ3n) is 0.379. The van der Waals surface area contributed by atoms with E-state index in [-0.39, 0.29) is 5.33 Å². The molecule has 0 aromatic carbocycles. The molecular weight excluding hydrogens is 176 g/mol. The van der Waals surface area contributed by atoms with Crippen molar-refractivity contribution < 1.29 is 14.6 Å². The molecule has 0 N–H and O–H groups in total. The molecule has 0 aliphatic rings. The van der Waals surface area contributed by atoms with Crippen molar-refractivity contribution in [3.8, 4) is 0 Å². The van der Waals surface area contributed by atoms with Crippen LogP contribution in [-0.2, 0) is 14.6 Å². The molecule has 0 atom stereocenters. The van der Waals surface area contributed by atoms with E-state index in [1.165, 1.54) is 0 Å². The summed E-state index contributed by atoms with van der Waals surface area (Å²) in [7, 11) is 0. The molecular formula is C4H7BrO3. The topological polar surface area (TPSA) is 35.5 Å². The SMILES string of the molecule is CCOOC(=O)CBr. The maximum Gasteiger partial charge on any atom is 0.352 e. The van der Waals surface area contributed by atoms with Crippen molar-refractivity contribution in [2.24, 2.45) is 0 Å². The smallest absolute Gasteiger partial charge is 0.297 e. The van der Waals surface area contributed by atoms with Gasteiger partial charge >= 0.3 is 5.97 Å². The van der Waals surface area contributed by atoms with Gasteiger partial charge in [0.1, 0.15) is 5.33 Å². The van der Waals surface area contributed by atoms with E-state index < -0.39 is 5.97 Å². The largest absolute Gasteiger partial charge is 0.352 e. The van der Waals surface area contributed by atoms with E-state index >= 15 is 0 Å². The highest BCUT2D eigenvalue weighted by molar-refractivity contribution is 9.09. The Morgan fingerprint density at radius 2 is 2.38 bits per heavy atom. The van der Waals surface area contributed by atoms with E-state index in [1.54, 1.807) is 6.92 Å². The highest BCUT2D eigenvalue weighted by atomic mass is 79.9. The number of carbonyl (C=O) groups is 1. The fourth-order valence-electron chi connectivity index (χ4n) is 0.147. The number of alkyl halides is 1. The Labute approximate surface area is 56.0 Å². The average molecular weight is 183 g/mol. The van der Waals surface area contributed by atoms with E-state index in [0.29, 0.717) is 6.61 Å². The van der Waals surface area contributed by atoms with Gasteiger partial charge in [-0.15, -0.1) is 0 Å². The lowest BCUT2D eigenvalue weighted by molar-refractivity contribution is -0.266. The summed E-state index contributed by atoms with van der Waals surface area (Å²) in [6.07, 6.45) is 0. The molecule has 0 fully saturated rings. The maximum atomic E-state index is 10.2. The van der Waals surface area contributed by atoms with Gasteiger partial charge < -0.3 is 0 Å². The zero-order valence-electron chi connectivity index (χ0n) is 4.52. The third kappa shape index (κ3) is 4.08. The predicted octanol–water partition coefficient (Wildman–Crippen LogP) is 0.876. The third-order valence-corrected chi connectivity index (χ3v) is 0.837. The Morgan fingerprint density at radius 1 is 1.75 bits per heavy atom. The van der Waals surface area contributed by atoms with E-state index in [1.807, 2.05) is 0 Å². The standard InChI is InChI=1S/C4H7BrO3/c1-2-7-8-4(6)3-5/h2-3H2,1H3. The molecule has 0 saturated carbocycles. The molecule has 0 aromatic rings. The molecule has 0 saturated heterocycles. The van der Waals surface area contributed by atoms with Gasteiger partial charge in [0.15, 0.2) is 0 Å². The van der Waals surface area contributed by atoms with Crippen LogP contribution in [0.5, 0.6) is 0 Å². The zero-order valence-corrected chi connectivity index (χ0v) is 6.10. The van der Waals surface area contributed by atoms with Gasteiger partial charge in [-0.1, -0.05) is 15.9 Å². The summed E-state index contributed by atoms with van der Waals surface area (Å²) in [6, 6.07) is 0. The number of carbonyl (C=O) groups excluding carboxylic acids is 1. The molecule has 48 valence electrons. The summed E-state index contributed by atoms with van der Waals surface area (Å²) in [4.78, 5) is 18.6. The Morgan fingerprint density at radius 3 is 2.75 bits per heavy atom. The lowest BCUT2D eigenvalue weighted by Gasteiger charge is -1.95. The van der Waals surface area contributed by atoms with Gasteiger partial charge in [0.2, 0.25) is 0 Å². The summed E-state index contributed by atoms with van der Waals surface area (Å²) in [5, 5.41) is 0.174. The van der Waals surface area contributed by atoms with Gasteiger partial charge in [-0.25, -0.2) is 4.79 Å². The van der Waals surface area contributed by atoms with Crippen molar-refractivity contribution in [1.82, 2.24) is 0 Å². The molecule has 0 unspecified atom stereocenters. The quantitative estimate of drug-likeness (QED) is 0.370. The van der Waals surface area contributed by atoms with Crippen LogP contribution in [-0.4, -0.2) is 17.9 Å². The Balaban J connectivity index is 2.99. The first-order valence-corrected chi connectivity index (χ1v) is 3.31. The number of hydrogen-bond acceptors (Lipinski definition) is 3. The summed E-state index contributed by atoms with van der Waals surface area (Å²) in [6.45, 7) is 2.13. The van der Waals surface area contributed by atoms with Crippen molar-refractivity contribution >= 4 is 21.9 Å². The van der Waals surface area contributed by atoms with Crippen LogP contribution in [0.15, 0.2) is 0 Å². The van der Waals surface area contributed by atoms with Crippen LogP contribution >= 0.6 is 15.9 Å². The summed E-state index contributed by atoms with van der Waals surface area (Å²) < 4.78 is 0. The minimum atomic E-state index is -0.410. The second-order valence-corrected chi connectivity index (χ2v) is 1.56. The molecule has 0 aliphatic carbocycles. The zero-order chi connectivity index (χ0) is 6.41. The van der Waals surface area contributed by atoms with Crippen LogP contribution in [0, 0.1) is 0 Å². The van der Waals surface area contributed by atoms with Crippen LogP contribution in [0.2, 0.25) is 0 Å². The molecule has 0 heterocycles. The second kappa shape index (κ2) is 5.05. The van der Waals surface area contributed by atoms with E-state index in [0.717, 1.165) is 0 Å². The first kappa shape index (κ1) is 7.91. The molecule has 0 spiro atoms. The maximum absolute atomic E-state index is 10.2. The highest BCUT2D eigenvalue weighted by Crippen LogP contribution is 1.85. The number of rotatable bonds is 3. The average Bonchev–Trinajstić information content (AvgIpc) is 1.83. The monoisotopic (exact) mass is 182 g/mol. The van der Waals surface area contributed by atoms with E-state index in [4.69, 9.17) is 0 Å². The van der Waals surface area contributed by atoms with Crippen molar-refractivity contribution in [3.63, 3.8) is 0 Å². The van der Waals surface area contributed by atoms with Crippen LogP contribution < -0.4 is 0 Å². The van der Waals surface area contributed by atoms with E-state index in [9.17, 15) is 4.79 Å². The molecule has 4 heteroatoms. The number of halogens is 1. The molecule has 0 aliphatic heterocycles. The fourth-order valence-corrected chi connectivity index (χ4v) is 0.240. The summed E-state index contributed by atoms with van der Waals surface area (Å²) >= 11 is 2.89. The van der Waals surface area contributed by atoms with Crippen LogP contribution in [0.4, 0.5) is 0 Å². The lowest BCUT2D eigenvalue weighted by atomic mass is 10.8. The molecule has 0 rings (SSSR count). The Hall–Kier alpha value is -0.0900. The molecule has 8 heavy (non-hydrogen) atoms. The van der Waals surface area contributed by atoms with Gasteiger partial charge in [0.25, 0.3) is 0 Å². The van der Waals surface area contributed by atoms with Crippen molar-refractivity contribution in [2.75, 3.05) is 11.9 Å². The molecule has 0 bridgehead atoms. The predicted molar refractivity (Wildman–Crippen MR) is 31.5 cm³/mol. The molecule has 0 radical (unpaired) electrons. The van der Waals surface area contributed by atoms with Crippen LogP contribution in [0.1, 0.15) is 6.92 Å².